The van der Waals surface area contributed by atoms with Gasteiger partial charge in [0.25, 0.3) is 0 Å². The number of hydrogen-bond donors (Lipinski definition) is 0. The Bertz CT molecular complexity index is 560. The van der Waals surface area contributed by atoms with Gasteiger partial charge in [-0.15, -0.1) is 11.6 Å². The summed E-state index contributed by atoms with van der Waals surface area (Å²) in [5, 5.41) is 0. The standard InChI is InChI=1S/C13H10ClNO3/c14-8-13(17)18-12-5-3-10(4-6-12)15-7-1-2-11(15)9-16/h1-7,9H,8H2. The zero-order valence-electron chi connectivity index (χ0n) is 9.38. The fourth-order valence-corrected chi connectivity index (χ4v) is 1.61. The summed E-state index contributed by atoms with van der Waals surface area (Å²) in [7, 11) is 0. The Morgan fingerprint density at radius 2 is 2.00 bits per heavy atom. The first-order valence-electron chi connectivity index (χ1n) is 5.24. The van der Waals surface area contributed by atoms with Crippen LogP contribution >= 0.6 is 11.6 Å². The minimum absolute atomic E-state index is 0.186. The van der Waals surface area contributed by atoms with Gasteiger partial charge in [-0.1, -0.05) is 0 Å². The molecule has 1 heterocycles. The van der Waals surface area contributed by atoms with E-state index in [2.05, 4.69) is 0 Å². The van der Waals surface area contributed by atoms with Gasteiger partial charge in [-0.2, -0.15) is 0 Å². The molecule has 2 rings (SSSR count). The molecule has 0 saturated carbocycles. The highest BCUT2D eigenvalue weighted by molar-refractivity contribution is 6.26. The zero-order valence-corrected chi connectivity index (χ0v) is 10.1. The van der Waals surface area contributed by atoms with Gasteiger partial charge in [0, 0.05) is 11.9 Å². The Morgan fingerprint density at radius 3 is 2.61 bits per heavy atom. The molecule has 0 atom stereocenters. The number of carbonyl (C=O) groups is 2. The van der Waals surface area contributed by atoms with E-state index in [0.717, 1.165) is 12.0 Å². The van der Waals surface area contributed by atoms with Gasteiger partial charge in [0.15, 0.2) is 6.29 Å². The Balaban J connectivity index is 2.22. The molecule has 0 spiro atoms. The highest BCUT2D eigenvalue weighted by Gasteiger charge is 2.04. The molecule has 0 fully saturated rings. The molecule has 0 aliphatic heterocycles. The van der Waals surface area contributed by atoms with Crippen LogP contribution in [0.5, 0.6) is 5.75 Å². The molecule has 0 saturated heterocycles. The SMILES string of the molecule is O=Cc1cccn1-c1ccc(OC(=O)CCl)cc1. The molecule has 2 aromatic rings. The molecular formula is C13H10ClNO3. The fourth-order valence-electron chi connectivity index (χ4n) is 1.56. The molecule has 92 valence electrons. The first kappa shape index (κ1) is 12.4. The van der Waals surface area contributed by atoms with Crippen molar-refractivity contribution in [1.29, 1.82) is 0 Å². The van der Waals surface area contributed by atoms with Crippen molar-refractivity contribution in [2.24, 2.45) is 0 Å². The Hall–Kier alpha value is -2.07. The number of nitrogens with zero attached hydrogens (tertiary/aromatic N) is 1. The summed E-state index contributed by atoms with van der Waals surface area (Å²) in [6, 6.07) is 10.3. The van der Waals surface area contributed by atoms with Gasteiger partial charge in [0.2, 0.25) is 0 Å². The second kappa shape index (κ2) is 5.51. The van der Waals surface area contributed by atoms with Crippen molar-refractivity contribution in [1.82, 2.24) is 4.57 Å². The molecule has 1 aromatic carbocycles. The fraction of sp³-hybridized carbons (Fsp3) is 0.0769. The van der Waals surface area contributed by atoms with E-state index < -0.39 is 5.97 Å². The molecular weight excluding hydrogens is 254 g/mol. The number of carbonyl (C=O) groups excluding carboxylic acids is 2. The van der Waals surface area contributed by atoms with E-state index in [4.69, 9.17) is 16.3 Å². The van der Waals surface area contributed by atoms with E-state index in [1.807, 2.05) is 0 Å². The maximum absolute atomic E-state index is 11.0. The van der Waals surface area contributed by atoms with Crippen LogP contribution in [-0.2, 0) is 4.79 Å². The van der Waals surface area contributed by atoms with E-state index in [-0.39, 0.29) is 5.88 Å². The van der Waals surface area contributed by atoms with Crippen molar-refractivity contribution in [2.45, 2.75) is 0 Å². The Labute approximate surface area is 109 Å². The second-order valence-corrected chi connectivity index (χ2v) is 3.79. The number of ether oxygens (including phenoxy) is 1. The van der Waals surface area contributed by atoms with E-state index in [0.29, 0.717) is 11.4 Å². The molecule has 18 heavy (non-hydrogen) atoms. The number of alkyl halides is 1. The molecule has 0 unspecified atom stereocenters. The van der Waals surface area contributed by atoms with E-state index in [1.54, 1.807) is 47.2 Å². The highest BCUT2D eigenvalue weighted by Crippen LogP contribution is 2.17. The van der Waals surface area contributed by atoms with Crippen LogP contribution < -0.4 is 4.74 Å². The largest absolute Gasteiger partial charge is 0.426 e. The topological polar surface area (TPSA) is 48.3 Å². The van der Waals surface area contributed by atoms with Gasteiger partial charge in [-0.3, -0.25) is 9.59 Å². The van der Waals surface area contributed by atoms with Gasteiger partial charge < -0.3 is 9.30 Å². The predicted molar refractivity (Wildman–Crippen MR) is 67.5 cm³/mol. The van der Waals surface area contributed by atoms with Crippen LogP contribution in [0.2, 0.25) is 0 Å². The number of aldehydes is 1. The lowest BCUT2D eigenvalue weighted by Crippen LogP contribution is -2.08. The number of esters is 1. The number of halogens is 1. The third kappa shape index (κ3) is 2.60. The first-order chi connectivity index (χ1) is 8.74. The normalized spacial score (nSPS) is 10.1. The summed E-state index contributed by atoms with van der Waals surface area (Å²) < 4.78 is 6.68. The monoisotopic (exact) mass is 263 g/mol. The van der Waals surface area contributed by atoms with Gasteiger partial charge >= 0.3 is 5.97 Å². The summed E-state index contributed by atoms with van der Waals surface area (Å²) >= 11 is 5.34. The minimum atomic E-state index is -0.501. The Morgan fingerprint density at radius 1 is 1.28 bits per heavy atom. The van der Waals surface area contributed by atoms with Gasteiger partial charge in [-0.05, 0) is 36.4 Å². The van der Waals surface area contributed by atoms with E-state index in [9.17, 15) is 9.59 Å². The van der Waals surface area contributed by atoms with Crippen LogP contribution in [0.3, 0.4) is 0 Å². The third-order valence-corrected chi connectivity index (χ3v) is 2.57. The van der Waals surface area contributed by atoms with Gasteiger partial charge in [-0.25, -0.2) is 0 Å². The first-order valence-corrected chi connectivity index (χ1v) is 5.77. The van der Waals surface area contributed by atoms with Crippen LogP contribution in [0.1, 0.15) is 10.5 Å². The van der Waals surface area contributed by atoms with Crippen LogP contribution in [0.15, 0.2) is 42.6 Å². The molecule has 0 bridgehead atoms. The predicted octanol–water partition coefficient (Wildman–Crippen LogP) is 2.43. The highest BCUT2D eigenvalue weighted by atomic mass is 35.5. The molecule has 4 nitrogen and oxygen atoms in total. The summed E-state index contributed by atoms with van der Waals surface area (Å²) in [5.74, 6) is -0.266. The third-order valence-electron chi connectivity index (χ3n) is 2.36. The van der Waals surface area contributed by atoms with Crippen molar-refractivity contribution < 1.29 is 14.3 Å². The van der Waals surface area contributed by atoms with Gasteiger partial charge in [0.05, 0.1) is 5.69 Å². The van der Waals surface area contributed by atoms with Crippen LogP contribution in [-0.4, -0.2) is 22.7 Å². The molecule has 0 amide bonds. The molecule has 1 aromatic heterocycles. The van der Waals surface area contributed by atoms with Crippen LogP contribution in [0.25, 0.3) is 5.69 Å². The van der Waals surface area contributed by atoms with E-state index >= 15 is 0 Å². The lowest BCUT2D eigenvalue weighted by Gasteiger charge is -2.07. The maximum atomic E-state index is 11.0. The Kier molecular flexibility index (Phi) is 3.79. The summed E-state index contributed by atoms with van der Waals surface area (Å²) in [5.41, 5.74) is 1.37. The lowest BCUT2D eigenvalue weighted by atomic mass is 10.3. The van der Waals surface area contributed by atoms with Crippen molar-refractivity contribution in [2.75, 3.05) is 5.88 Å². The lowest BCUT2D eigenvalue weighted by molar-refractivity contribution is -0.131. The average molecular weight is 264 g/mol. The minimum Gasteiger partial charge on any atom is -0.426 e. The number of rotatable bonds is 4. The van der Waals surface area contributed by atoms with Crippen molar-refractivity contribution >= 4 is 23.9 Å². The summed E-state index contributed by atoms with van der Waals surface area (Å²) in [6.07, 6.45) is 2.56. The van der Waals surface area contributed by atoms with Crippen molar-refractivity contribution in [3.05, 3.63) is 48.3 Å². The zero-order chi connectivity index (χ0) is 13.0. The number of hydrogen-bond acceptors (Lipinski definition) is 3. The number of benzene rings is 1. The molecule has 0 N–H and O–H groups in total. The molecule has 0 aliphatic rings. The molecule has 5 heteroatoms. The average Bonchev–Trinajstić information content (AvgIpc) is 2.87. The van der Waals surface area contributed by atoms with Crippen molar-refractivity contribution in [3.8, 4) is 11.4 Å². The van der Waals surface area contributed by atoms with Crippen molar-refractivity contribution in [3.63, 3.8) is 0 Å². The summed E-state index contributed by atoms with van der Waals surface area (Å²) in [4.78, 5) is 21.8. The van der Waals surface area contributed by atoms with Gasteiger partial charge in [0.1, 0.15) is 11.6 Å². The summed E-state index contributed by atoms with van der Waals surface area (Å²) in [6.45, 7) is 0. The van der Waals surface area contributed by atoms with E-state index in [1.165, 1.54) is 0 Å². The molecule has 0 aliphatic carbocycles. The van der Waals surface area contributed by atoms with Crippen LogP contribution in [0, 0.1) is 0 Å². The smallest absolute Gasteiger partial charge is 0.326 e. The second-order valence-electron chi connectivity index (χ2n) is 3.52. The maximum Gasteiger partial charge on any atom is 0.326 e. The quantitative estimate of drug-likeness (QED) is 0.368. The number of aromatic nitrogens is 1. The van der Waals surface area contributed by atoms with Crippen LogP contribution in [0.4, 0.5) is 0 Å². The molecule has 0 radical (unpaired) electrons.